The molecule has 0 saturated carbocycles. The molecule has 0 radical (unpaired) electrons. The number of alkyl halides is 3. The van der Waals surface area contributed by atoms with Crippen molar-refractivity contribution in [3.8, 4) is 0 Å². The van der Waals surface area contributed by atoms with E-state index in [0.29, 0.717) is 5.02 Å². The lowest BCUT2D eigenvalue weighted by atomic mass is 9.96. The summed E-state index contributed by atoms with van der Waals surface area (Å²) in [6.45, 7) is 1.89. The molecule has 1 N–H and O–H groups in total. The molecule has 0 aromatic heterocycles. The second-order valence-electron chi connectivity index (χ2n) is 4.85. The van der Waals surface area contributed by atoms with Gasteiger partial charge in [0.15, 0.2) is 0 Å². The average Bonchev–Trinajstić information content (AvgIpc) is 2.43. The molecule has 1 atom stereocenters. The van der Waals surface area contributed by atoms with E-state index in [-0.39, 0.29) is 6.04 Å². The number of hydrogen-bond acceptors (Lipinski definition) is 1. The Morgan fingerprint density at radius 3 is 2.05 bits per heavy atom. The molecule has 21 heavy (non-hydrogen) atoms. The van der Waals surface area contributed by atoms with Gasteiger partial charge in [0, 0.05) is 5.02 Å². The molecule has 5 heteroatoms. The Balaban J connectivity index is 2.35. The molecule has 2 aromatic carbocycles. The summed E-state index contributed by atoms with van der Waals surface area (Å²) in [4.78, 5) is 0. The van der Waals surface area contributed by atoms with Gasteiger partial charge >= 0.3 is 6.18 Å². The first-order valence-corrected chi connectivity index (χ1v) is 6.81. The molecule has 0 aliphatic carbocycles. The number of halogens is 4. The van der Waals surface area contributed by atoms with E-state index in [2.05, 4.69) is 5.32 Å². The highest BCUT2D eigenvalue weighted by Gasteiger charge is 2.30. The Labute approximate surface area is 126 Å². The Kier molecular flexibility index (Phi) is 4.59. The van der Waals surface area contributed by atoms with Crippen molar-refractivity contribution in [1.29, 1.82) is 0 Å². The van der Waals surface area contributed by atoms with E-state index >= 15 is 0 Å². The molecule has 2 aromatic rings. The largest absolute Gasteiger partial charge is 0.416 e. The standard InChI is InChI=1S/C16H15ClF3N/c1-10-9-12(5-8-14(10)17)15(21-2)11-3-6-13(7-4-11)16(18,19)20/h3-9,15,21H,1-2H3. The van der Waals surface area contributed by atoms with Gasteiger partial charge in [0.2, 0.25) is 0 Å². The molecular formula is C16H15ClF3N. The molecule has 0 spiro atoms. The predicted octanol–water partition coefficient (Wildman–Crippen LogP) is 4.98. The molecule has 0 amide bonds. The van der Waals surface area contributed by atoms with Crippen molar-refractivity contribution < 1.29 is 13.2 Å². The van der Waals surface area contributed by atoms with Gasteiger partial charge in [0.05, 0.1) is 11.6 Å². The van der Waals surface area contributed by atoms with Crippen molar-refractivity contribution in [2.75, 3.05) is 7.05 Å². The van der Waals surface area contributed by atoms with Crippen LogP contribution in [0.3, 0.4) is 0 Å². The van der Waals surface area contributed by atoms with Crippen molar-refractivity contribution in [3.05, 3.63) is 69.7 Å². The van der Waals surface area contributed by atoms with Gasteiger partial charge in [-0.05, 0) is 48.9 Å². The van der Waals surface area contributed by atoms with Crippen LogP contribution in [0.15, 0.2) is 42.5 Å². The maximum Gasteiger partial charge on any atom is 0.416 e. The minimum atomic E-state index is -4.31. The molecule has 1 nitrogen and oxygen atoms in total. The highest BCUT2D eigenvalue weighted by Crippen LogP contribution is 2.31. The van der Waals surface area contributed by atoms with Gasteiger partial charge < -0.3 is 5.32 Å². The summed E-state index contributed by atoms with van der Waals surface area (Å²) in [7, 11) is 1.77. The van der Waals surface area contributed by atoms with E-state index in [9.17, 15) is 13.2 Å². The van der Waals surface area contributed by atoms with Crippen molar-refractivity contribution in [1.82, 2.24) is 5.32 Å². The third-order valence-corrected chi connectivity index (χ3v) is 3.80. The number of aryl methyl sites for hydroxylation is 1. The lowest BCUT2D eigenvalue weighted by Gasteiger charge is -2.19. The highest BCUT2D eigenvalue weighted by molar-refractivity contribution is 6.31. The first-order valence-electron chi connectivity index (χ1n) is 6.43. The quantitative estimate of drug-likeness (QED) is 0.843. The first kappa shape index (κ1) is 15.9. The first-order chi connectivity index (χ1) is 9.82. The van der Waals surface area contributed by atoms with Crippen LogP contribution in [0, 0.1) is 6.92 Å². The van der Waals surface area contributed by atoms with Gasteiger partial charge in [-0.15, -0.1) is 0 Å². The Morgan fingerprint density at radius 2 is 1.57 bits per heavy atom. The maximum atomic E-state index is 12.6. The minimum Gasteiger partial charge on any atom is -0.309 e. The van der Waals surface area contributed by atoms with Crippen molar-refractivity contribution in [3.63, 3.8) is 0 Å². The summed E-state index contributed by atoms with van der Waals surface area (Å²) in [6.07, 6.45) is -4.31. The Bertz CT molecular complexity index is 620. The average molecular weight is 314 g/mol. The maximum absolute atomic E-state index is 12.6. The molecule has 0 fully saturated rings. The number of nitrogens with one attached hydrogen (secondary N) is 1. The zero-order valence-electron chi connectivity index (χ0n) is 11.6. The Morgan fingerprint density at radius 1 is 1.00 bits per heavy atom. The fourth-order valence-electron chi connectivity index (χ4n) is 2.24. The van der Waals surface area contributed by atoms with Crippen LogP contribution in [0.2, 0.25) is 5.02 Å². The highest BCUT2D eigenvalue weighted by atomic mass is 35.5. The third kappa shape index (κ3) is 3.57. The van der Waals surface area contributed by atoms with Gasteiger partial charge in [-0.25, -0.2) is 0 Å². The normalized spacial score (nSPS) is 13.2. The molecule has 112 valence electrons. The SMILES string of the molecule is CNC(c1ccc(C(F)(F)F)cc1)c1ccc(Cl)c(C)c1. The second-order valence-corrected chi connectivity index (χ2v) is 5.26. The molecule has 0 bridgehead atoms. The molecule has 0 heterocycles. The van der Waals surface area contributed by atoms with E-state index < -0.39 is 11.7 Å². The van der Waals surface area contributed by atoms with Crippen LogP contribution < -0.4 is 5.32 Å². The van der Waals surface area contributed by atoms with E-state index in [4.69, 9.17) is 11.6 Å². The third-order valence-electron chi connectivity index (χ3n) is 3.38. The van der Waals surface area contributed by atoms with Gasteiger partial charge in [0.1, 0.15) is 0 Å². The molecule has 0 aliphatic rings. The van der Waals surface area contributed by atoms with Gasteiger partial charge in [-0.2, -0.15) is 13.2 Å². The number of benzene rings is 2. The fraction of sp³-hybridized carbons (Fsp3) is 0.250. The van der Waals surface area contributed by atoms with Gasteiger partial charge in [0.25, 0.3) is 0 Å². The van der Waals surface area contributed by atoms with E-state index in [1.165, 1.54) is 12.1 Å². The van der Waals surface area contributed by atoms with Crippen LogP contribution in [-0.2, 0) is 6.18 Å². The van der Waals surface area contributed by atoms with Crippen LogP contribution in [0.25, 0.3) is 0 Å². The molecular weight excluding hydrogens is 299 g/mol. The van der Waals surface area contributed by atoms with E-state index in [0.717, 1.165) is 28.8 Å². The fourth-order valence-corrected chi connectivity index (χ4v) is 2.36. The molecule has 0 aliphatic heterocycles. The zero-order chi connectivity index (χ0) is 15.6. The lowest BCUT2D eigenvalue weighted by Crippen LogP contribution is -2.18. The summed E-state index contributed by atoms with van der Waals surface area (Å²) >= 11 is 6.00. The molecule has 1 unspecified atom stereocenters. The molecule has 2 rings (SSSR count). The summed E-state index contributed by atoms with van der Waals surface area (Å²) in [5.74, 6) is 0. The minimum absolute atomic E-state index is 0.178. The summed E-state index contributed by atoms with van der Waals surface area (Å²) < 4.78 is 37.8. The van der Waals surface area contributed by atoms with Crippen LogP contribution in [-0.4, -0.2) is 7.05 Å². The molecule has 0 saturated heterocycles. The van der Waals surface area contributed by atoms with Crippen molar-refractivity contribution in [2.45, 2.75) is 19.1 Å². The van der Waals surface area contributed by atoms with Crippen molar-refractivity contribution in [2.24, 2.45) is 0 Å². The Hall–Kier alpha value is -1.52. The zero-order valence-corrected chi connectivity index (χ0v) is 12.4. The summed E-state index contributed by atoms with van der Waals surface area (Å²) in [5.41, 5.74) is 2.01. The van der Waals surface area contributed by atoms with Crippen LogP contribution >= 0.6 is 11.6 Å². The van der Waals surface area contributed by atoms with Crippen LogP contribution in [0.4, 0.5) is 13.2 Å². The number of rotatable bonds is 3. The second kappa shape index (κ2) is 6.08. The van der Waals surface area contributed by atoms with Gasteiger partial charge in [-0.3, -0.25) is 0 Å². The van der Waals surface area contributed by atoms with E-state index in [1.807, 2.05) is 19.1 Å². The smallest absolute Gasteiger partial charge is 0.309 e. The van der Waals surface area contributed by atoms with Crippen molar-refractivity contribution >= 4 is 11.6 Å². The van der Waals surface area contributed by atoms with Crippen LogP contribution in [0.1, 0.15) is 28.3 Å². The van der Waals surface area contributed by atoms with Crippen LogP contribution in [0.5, 0.6) is 0 Å². The number of hydrogen-bond donors (Lipinski definition) is 1. The summed E-state index contributed by atoms with van der Waals surface area (Å²) in [6, 6.07) is 10.6. The predicted molar refractivity (Wildman–Crippen MR) is 78.5 cm³/mol. The topological polar surface area (TPSA) is 12.0 Å². The summed E-state index contributed by atoms with van der Waals surface area (Å²) in [5, 5.41) is 3.78. The van der Waals surface area contributed by atoms with E-state index in [1.54, 1.807) is 13.1 Å². The van der Waals surface area contributed by atoms with Gasteiger partial charge in [-0.1, -0.05) is 35.9 Å². The monoisotopic (exact) mass is 313 g/mol. The lowest BCUT2D eigenvalue weighted by molar-refractivity contribution is -0.137.